The molecule has 9 heteroatoms. The molecule has 0 saturated heterocycles. The van der Waals surface area contributed by atoms with Gasteiger partial charge in [0, 0.05) is 29.8 Å². The molecular weight excluding hydrogens is 400 g/mol. The number of furan rings is 1. The van der Waals surface area contributed by atoms with Crippen LogP contribution in [0.15, 0.2) is 34.7 Å². The van der Waals surface area contributed by atoms with Gasteiger partial charge in [-0.3, -0.25) is 14.9 Å². The van der Waals surface area contributed by atoms with Crippen LogP contribution in [0.3, 0.4) is 0 Å². The fourth-order valence-electron chi connectivity index (χ4n) is 2.99. The average Bonchev–Trinajstić information content (AvgIpc) is 3.10. The van der Waals surface area contributed by atoms with Crippen molar-refractivity contribution in [2.45, 2.75) is 52.8 Å². The number of halogens is 1. The second kappa shape index (κ2) is 9.09. The van der Waals surface area contributed by atoms with Gasteiger partial charge >= 0.3 is 5.97 Å². The summed E-state index contributed by atoms with van der Waals surface area (Å²) in [5.41, 5.74) is 0.239. The summed E-state index contributed by atoms with van der Waals surface area (Å²) in [7, 11) is 0. The molecule has 156 valence electrons. The highest BCUT2D eigenvalue weighted by Gasteiger charge is 2.29. The van der Waals surface area contributed by atoms with Gasteiger partial charge in [0.05, 0.1) is 9.95 Å². The van der Waals surface area contributed by atoms with Gasteiger partial charge in [-0.15, -0.1) is 0 Å². The Balaban J connectivity index is 2.15. The smallest absolute Gasteiger partial charge is 0.375 e. The van der Waals surface area contributed by atoms with Crippen LogP contribution in [0.2, 0.25) is 5.02 Å². The second-order valence-electron chi connectivity index (χ2n) is 7.07. The van der Waals surface area contributed by atoms with Crippen LogP contribution in [0.4, 0.5) is 5.69 Å². The summed E-state index contributed by atoms with van der Waals surface area (Å²) < 4.78 is 10.8. The fraction of sp³-hybridized carbons (Fsp3) is 0.400. The molecule has 1 aromatic heterocycles. The highest BCUT2D eigenvalue weighted by molar-refractivity contribution is 6.33. The minimum Gasteiger partial charge on any atom is -0.449 e. The number of nitro benzene ring substituents is 1. The lowest BCUT2D eigenvalue weighted by molar-refractivity contribution is -0.384. The fourth-order valence-corrected chi connectivity index (χ4v) is 3.26. The third kappa shape index (κ3) is 5.14. The quantitative estimate of drug-likeness (QED) is 0.364. The first-order valence-electron chi connectivity index (χ1n) is 9.10. The molecule has 8 nitrogen and oxygen atoms in total. The van der Waals surface area contributed by atoms with Crippen LogP contribution in [0.5, 0.6) is 0 Å². The minimum atomic E-state index is -0.983. The first kappa shape index (κ1) is 22.4. The van der Waals surface area contributed by atoms with E-state index in [0.717, 1.165) is 0 Å². The number of esters is 1. The van der Waals surface area contributed by atoms with Gasteiger partial charge in [-0.2, -0.15) is 0 Å². The molecule has 0 aliphatic heterocycles. The maximum atomic E-state index is 12.6. The van der Waals surface area contributed by atoms with Gasteiger partial charge in [-0.25, -0.2) is 4.79 Å². The Morgan fingerprint density at radius 1 is 1.10 bits per heavy atom. The molecule has 0 unspecified atom stereocenters. The molecule has 0 aliphatic carbocycles. The van der Waals surface area contributed by atoms with E-state index in [9.17, 15) is 19.7 Å². The van der Waals surface area contributed by atoms with Gasteiger partial charge in [0.2, 0.25) is 5.76 Å². The number of rotatable bonds is 7. The van der Waals surface area contributed by atoms with Crippen molar-refractivity contribution in [3.8, 4) is 11.3 Å². The number of carbonyl (C=O) groups is 2. The molecule has 29 heavy (non-hydrogen) atoms. The zero-order chi connectivity index (χ0) is 21.9. The molecule has 0 saturated carbocycles. The number of benzene rings is 1. The largest absolute Gasteiger partial charge is 0.449 e. The van der Waals surface area contributed by atoms with Gasteiger partial charge in [-0.05, 0) is 52.8 Å². The maximum absolute atomic E-state index is 12.6. The van der Waals surface area contributed by atoms with Crippen molar-refractivity contribution >= 4 is 29.2 Å². The average molecular weight is 423 g/mol. The van der Waals surface area contributed by atoms with Crippen LogP contribution < -0.4 is 0 Å². The third-order valence-corrected chi connectivity index (χ3v) is 4.55. The molecule has 1 atom stereocenters. The zero-order valence-electron chi connectivity index (χ0n) is 16.8. The van der Waals surface area contributed by atoms with Gasteiger partial charge < -0.3 is 14.1 Å². The Morgan fingerprint density at radius 2 is 1.72 bits per heavy atom. The normalized spacial score (nSPS) is 12.1. The van der Waals surface area contributed by atoms with Crippen LogP contribution in [-0.2, 0) is 9.53 Å². The Kier molecular flexibility index (Phi) is 7.02. The summed E-state index contributed by atoms with van der Waals surface area (Å²) in [6.45, 7) is 9.06. The van der Waals surface area contributed by atoms with Gasteiger partial charge in [0.15, 0.2) is 6.10 Å². The summed E-state index contributed by atoms with van der Waals surface area (Å²) in [6.07, 6.45) is -0.983. The standard InChI is InChI=1S/C20H23ClN2O6/c1-11(2)22(12(3)4)19(24)13(5)28-20(25)18-9-8-17(29-18)15-7-6-14(23(26)27)10-16(15)21/h6-13H,1-5H3/t13-/m1/s1. The molecule has 0 spiro atoms. The number of hydrogen-bond donors (Lipinski definition) is 0. The molecule has 0 aliphatic rings. The van der Waals surface area contributed by atoms with Crippen molar-refractivity contribution in [3.63, 3.8) is 0 Å². The third-order valence-electron chi connectivity index (χ3n) is 4.23. The molecule has 0 N–H and O–H groups in total. The van der Waals surface area contributed by atoms with Crippen molar-refractivity contribution in [2.24, 2.45) is 0 Å². The number of nitro groups is 1. The predicted octanol–water partition coefficient (Wildman–Crippen LogP) is 4.70. The molecule has 1 amide bonds. The van der Waals surface area contributed by atoms with Crippen LogP contribution in [0, 0.1) is 10.1 Å². The highest BCUT2D eigenvalue weighted by Crippen LogP contribution is 2.32. The van der Waals surface area contributed by atoms with E-state index in [0.29, 0.717) is 5.56 Å². The van der Waals surface area contributed by atoms with Crippen molar-refractivity contribution in [2.75, 3.05) is 0 Å². The monoisotopic (exact) mass is 422 g/mol. The van der Waals surface area contributed by atoms with E-state index in [2.05, 4.69) is 0 Å². The number of carbonyl (C=O) groups excluding carboxylic acids is 2. The molecular formula is C20H23ClN2O6. The number of amides is 1. The Bertz CT molecular complexity index is 913. The topological polar surface area (TPSA) is 103 Å². The molecule has 2 rings (SSSR count). The SMILES string of the molecule is CC(C)N(C(=O)[C@@H](C)OC(=O)c1ccc(-c2ccc([N+](=O)[O-])cc2Cl)o1)C(C)C. The number of hydrogen-bond acceptors (Lipinski definition) is 6. The van der Waals surface area contributed by atoms with Gasteiger partial charge in [-0.1, -0.05) is 11.6 Å². The van der Waals surface area contributed by atoms with Gasteiger partial charge in [0.25, 0.3) is 11.6 Å². The van der Waals surface area contributed by atoms with Crippen LogP contribution in [0.1, 0.15) is 45.2 Å². The van der Waals surface area contributed by atoms with E-state index in [4.69, 9.17) is 20.8 Å². The summed E-state index contributed by atoms with van der Waals surface area (Å²) in [4.78, 5) is 36.9. The van der Waals surface area contributed by atoms with Crippen molar-refractivity contribution in [1.29, 1.82) is 0 Å². The minimum absolute atomic E-state index is 0.0388. The van der Waals surface area contributed by atoms with E-state index >= 15 is 0 Å². The molecule has 1 heterocycles. The summed E-state index contributed by atoms with van der Waals surface area (Å²) in [6, 6.07) is 6.75. The summed E-state index contributed by atoms with van der Waals surface area (Å²) >= 11 is 6.09. The Hall–Kier alpha value is -2.87. The predicted molar refractivity (Wildman–Crippen MR) is 108 cm³/mol. The number of non-ortho nitro benzene ring substituents is 1. The van der Waals surface area contributed by atoms with Crippen molar-refractivity contribution in [1.82, 2.24) is 4.90 Å². The number of nitrogens with zero attached hydrogens (tertiary/aromatic N) is 2. The summed E-state index contributed by atoms with van der Waals surface area (Å²) in [5.74, 6) is -0.937. The molecule has 0 bridgehead atoms. The van der Waals surface area contributed by atoms with E-state index in [1.54, 1.807) is 4.90 Å². The highest BCUT2D eigenvalue weighted by atomic mass is 35.5. The lowest BCUT2D eigenvalue weighted by Crippen LogP contribution is -2.47. The lowest BCUT2D eigenvalue weighted by Gasteiger charge is -2.32. The second-order valence-corrected chi connectivity index (χ2v) is 7.47. The first-order valence-corrected chi connectivity index (χ1v) is 9.48. The zero-order valence-corrected chi connectivity index (χ0v) is 17.6. The Morgan fingerprint density at radius 3 is 2.24 bits per heavy atom. The van der Waals surface area contributed by atoms with Gasteiger partial charge in [0.1, 0.15) is 5.76 Å². The molecule has 1 aromatic carbocycles. The van der Waals surface area contributed by atoms with Crippen molar-refractivity contribution in [3.05, 3.63) is 51.2 Å². The first-order chi connectivity index (χ1) is 13.5. The van der Waals surface area contributed by atoms with E-state index < -0.39 is 17.0 Å². The maximum Gasteiger partial charge on any atom is 0.375 e. The van der Waals surface area contributed by atoms with E-state index in [1.807, 2.05) is 27.7 Å². The lowest BCUT2D eigenvalue weighted by atomic mass is 10.1. The van der Waals surface area contributed by atoms with E-state index in [-0.39, 0.29) is 40.2 Å². The molecule has 2 aromatic rings. The van der Waals surface area contributed by atoms with Crippen LogP contribution in [0.25, 0.3) is 11.3 Å². The Labute approximate surface area is 173 Å². The number of ether oxygens (including phenoxy) is 1. The summed E-state index contributed by atoms with van der Waals surface area (Å²) in [5, 5.41) is 10.9. The van der Waals surface area contributed by atoms with Crippen LogP contribution >= 0.6 is 11.6 Å². The molecule has 0 fully saturated rings. The van der Waals surface area contributed by atoms with Crippen LogP contribution in [-0.4, -0.2) is 39.9 Å². The molecule has 0 radical (unpaired) electrons. The van der Waals surface area contributed by atoms with Crippen molar-refractivity contribution < 1.29 is 23.7 Å². The van der Waals surface area contributed by atoms with E-state index in [1.165, 1.54) is 37.3 Å².